The van der Waals surface area contributed by atoms with E-state index >= 15 is 0 Å². The number of furan rings is 1. The minimum atomic E-state index is 0.398. The lowest BCUT2D eigenvalue weighted by Gasteiger charge is -2.31. The Bertz CT molecular complexity index is 1010. The smallest absolute Gasteiger partial charge is 0.157 e. The number of pyridine rings is 1. The molecule has 3 aromatic heterocycles. The van der Waals surface area contributed by atoms with Crippen molar-refractivity contribution < 1.29 is 4.42 Å². The van der Waals surface area contributed by atoms with Crippen LogP contribution in [0.2, 0.25) is 0 Å². The zero-order valence-corrected chi connectivity index (χ0v) is 18.5. The van der Waals surface area contributed by atoms with Gasteiger partial charge in [0.1, 0.15) is 17.0 Å². The fraction of sp³-hybridized carbons (Fsp3) is 0.583. The van der Waals surface area contributed by atoms with Crippen molar-refractivity contribution >= 4 is 16.9 Å². The van der Waals surface area contributed by atoms with Crippen LogP contribution in [0.1, 0.15) is 68.7 Å². The summed E-state index contributed by atoms with van der Waals surface area (Å²) >= 11 is 0. The van der Waals surface area contributed by atoms with E-state index in [1.807, 2.05) is 13.3 Å². The fourth-order valence-corrected chi connectivity index (χ4v) is 4.98. The minimum absolute atomic E-state index is 0.398. The molecule has 0 atom stereocenters. The van der Waals surface area contributed by atoms with E-state index in [1.165, 1.54) is 24.1 Å². The van der Waals surface area contributed by atoms with E-state index in [2.05, 4.69) is 46.4 Å². The first kappa shape index (κ1) is 19.6. The van der Waals surface area contributed by atoms with Crippen LogP contribution in [-0.4, -0.2) is 45.6 Å². The fourth-order valence-electron chi connectivity index (χ4n) is 4.98. The van der Waals surface area contributed by atoms with Gasteiger partial charge in [-0.25, -0.2) is 9.97 Å². The molecule has 6 heteroatoms. The second-order valence-corrected chi connectivity index (χ2v) is 9.24. The van der Waals surface area contributed by atoms with E-state index in [0.717, 1.165) is 68.4 Å². The second kappa shape index (κ2) is 8.06. The molecular weight excluding hydrogens is 374 g/mol. The number of aryl methyl sites for hydroxylation is 1. The highest BCUT2D eigenvalue weighted by molar-refractivity contribution is 5.87. The molecule has 2 aliphatic heterocycles. The summed E-state index contributed by atoms with van der Waals surface area (Å²) in [7, 11) is 0. The van der Waals surface area contributed by atoms with E-state index in [9.17, 15) is 0 Å². The third-order valence-corrected chi connectivity index (χ3v) is 6.71. The average molecular weight is 408 g/mol. The predicted octanol–water partition coefficient (Wildman–Crippen LogP) is 4.89. The van der Waals surface area contributed by atoms with E-state index in [-0.39, 0.29) is 0 Å². The maximum Gasteiger partial charge on any atom is 0.157 e. The lowest BCUT2D eigenvalue weighted by atomic mass is 9.92. The Morgan fingerprint density at radius 1 is 1.10 bits per heavy atom. The summed E-state index contributed by atoms with van der Waals surface area (Å²) in [6.45, 7) is 11.8. The molecule has 6 nitrogen and oxygen atoms in total. The maximum absolute atomic E-state index is 5.78. The summed E-state index contributed by atoms with van der Waals surface area (Å²) in [6.07, 6.45) is 6.79. The number of likely N-dealkylation sites (tertiary alicyclic amines) is 1. The van der Waals surface area contributed by atoms with Gasteiger partial charge in [0, 0.05) is 30.7 Å². The first-order chi connectivity index (χ1) is 14.6. The number of hydrogen-bond acceptors (Lipinski definition) is 5. The summed E-state index contributed by atoms with van der Waals surface area (Å²) in [6, 6.07) is 6.87. The third kappa shape index (κ3) is 3.73. The van der Waals surface area contributed by atoms with Crippen LogP contribution in [0.25, 0.3) is 11.0 Å². The van der Waals surface area contributed by atoms with Crippen molar-refractivity contribution in [2.24, 2.45) is 0 Å². The van der Waals surface area contributed by atoms with Gasteiger partial charge < -0.3 is 13.9 Å². The zero-order chi connectivity index (χ0) is 20.7. The number of fused-ring (bicyclic) bond motifs is 1. The van der Waals surface area contributed by atoms with E-state index in [1.54, 1.807) is 0 Å². The molecule has 5 heterocycles. The molecular formula is C24H33N5O. The average Bonchev–Trinajstić information content (AvgIpc) is 3.48. The number of nitrogens with zero attached hydrogens (tertiary/aromatic N) is 5. The Morgan fingerprint density at radius 3 is 2.53 bits per heavy atom. The maximum atomic E-state index is 5.78. The monoisotopic (exact) mass is 407 g/mol. The standard InChI is InChI=1S/C24H33N5O/c1-17(2)29-16-25-23-22(29)14-21(26-24(23)28-10-4-5-11-28)19-8-12-27(13-9-19)15-20-7-6-18(3)30-20/h6-7,14,16-17,19H,4-5,8-13,15H2,1-3H3. The van der Waals surface area contributed by atoms with Crippen LogP contribution in [0.4, 0.5) is 5.82 Å². The SMILES string of the molecule is Cc1ccc(CN2CCC(c3cc4c(ncn4C(C)C)c(N4CCCC4)n3)CC2)o1. The van der Waals surface area contributed by atoms with E-state index in [4.69, 9.17) is 14.4 Å². The quantitative estimate of drug-likeness (QED) is 0.602. The van der Waals surface area contributed by atoms with Gasteiger partial charge in [-0.05, 0) is 77.7 Å². The Labute approximate surface area is 178 Å². The molecule has 0 bridgehead atoms. The van der Waals surface area contributed by atoms with E-state index in [0.29, 0.717) is 12.0 Å². The molecule has 3 aromatic rings. The van der Waals surface area contributed by atoms with Crippen LogP contribution in [0.3, 0.4) is 0 Å². The van der Waals surface area contributed by atoms with Gasteiger partial charge in [0.05, 0.1) is 18.4 Å². The molecule has 0 aromatic carbocycles. The summed E-state index contributed by atoms with van der Waals surface area (Å²) in [5.74, 6) is 3.69. The minimum Gasteiger partial charge on any atom is -0.465 e. The van der Waals surface area contributed by atoms with Crippen molar-refractivity contribution in [3.63, 3.8) is 0 Å². The Kier molecular flexibility index (Phi) is 5.27. The number of anilines is 1. The summed E-state index contributed by atoms with van der Waals surface area (Å²) in [5.41, 5.74) is 3.56. The molecule has 0 saturated carbocycles. The molecule has 2 saturated heterocycles. The highest BCUT2D eigenvalue weighted by Crippen LogP contribution is 2.34. The Morgan fingerprint density at radius 2 is 1.87 bits per heavy atom. The summed E-state index contributed by atoms with van der Waals surface area (Å²) < 4.78 is 8.08. The van der Waals surface area contributed by atoms with Crippen molar-refractivity contribution in [3.05, 3.63) is 41.7 Å². The van der Waals surface area contributed by atoms with Gasteiger partial charge in [0.15, 0.2) is 5.82 Å². The van der Waals surface area contributed by atoms with Gasteiger partial charge in [-0.15, -0.1) is 0 Å². The number of imidazole rings is 1. The van der Waals surface area contributed by atoms with Crippen LogP contribution in [0.5, 0.6) is 0 Å². The molecule has 160 valence electrons. The lowest BCUT2D eigenvalue weighted by Crippen LogP contribution is -2.32. The molecule has 30 heavy (non-hydrogen) atoms. The lowest BCUT2D eigenvalue weighted by molar-refractivity contribution is 0.189. The number of rotatable bonds is 5. The van der Waals surface area contributed by atoms with Crippen molar-refractivity contribution in [1.29, 1.82) is 0 Å². The van der Waals surface area contributed by atoms with E-state index < -0.39 is 0 Å². The van der Waals surface area contributed by atoms with Crippen molar-refractivity contribution in [3.8, 4) is 0 Å². The number of piperidine rings is 1. The molecule has 0 spiro atoms. The largest absolute Gasteiger partial charge is 0.465 e. The molecule has 2 aliphatic rings. The molecule has 0 unspecified atom stereocenters. The number of hydrogen-bond donors (Lipinski definition) is 0. The van der Waals surface area contributed by atoms with Gasteiger partial charge in [0.25, 0.3) is 0 Å². The third-order valence-electron chi connectivity index (χ3n) is 6.71. The van der Waals surface area contributed by atoms with Crippen LogP contribution in [0, 0.1) is 6.92 Å². The molecule has 5 rings (SSSR count). The highest BCUT2D eigenvalue weighted by atomic mass is 16.3. The predicted molar refractivity (Wildman–Crippen MR) is 120 cm³/mol. The molecule has 0 N–H and O–H groups in total. The van der Waals surface area contributed by atoms with Gasteiger partial charge in [-0.1, -0.05) is 0 Å². The summed E-state index contributed by atoms with van der Waals surface area (Å²) in [5, 5.41) is 0. The first-order valence-electron chi connectivity index (χ1n) is 11.5. The van der Waals surface area contributed by atoms with Crippen LogP contribution in [0.15, 0.2) is 28.9 Å². The molecule has 0 amide bonds. The van der Waals surface area contributed by atoms with Crippen molar-refractivity contribution in [2.75, 3.05) is 31.1 Å². The van der Waals surface area contributed by atoms with Crippen LogP contribution in [-0.2, 0) is 6.54 Å². The van der Waals surface area contributed by atoms with Crippen molar-refractivity contribution in [1.82, 2.24) is 19.4 Å². The van der Waals surface area contributed by atoms with Crippen LogP contribution >= 0.6 is 0 Å². The highest BCUT2D eigenvalue weighted by Gasteiger charge is 2.26. The van der Waals surface area contributed by atoms with Gasteiger partial charge in [-0.2, -0.15) is 0 Å². The summed E-state index contributed by atoms with van der Waals surface area (Å²) in [4.78, 5) is 14.9. The van der Waals surface area contributed by atoms with Crippen LogP contribution < -0.4 is 4.90 Å². The van der Waals surface area contributed by atoms with Gasteiger partial charge in [0.2, 0.25) is 0 Å². The first-order valence-corrected chi connectivity index (χ1v) is 11.5. The second-order valence-electron chi connectivity index (χ2n) is 9.24. The Hall–Kier alpha value is -2.34. The van der Waals surface area contributed by atoms with Gasteiger partial charge >= 0.3 is 0 Å². The number of aromatic nitrogens is 3. The topological polar surface area (TPSA) is 50.3 Å². The van der Waals surface area contributed by atoms with Crippen molar-refractivity contribution in [2.45, 2.75) is 65.0 Å². The Balaban J connectivity index is 1.39. The molecule has 0 aliphatic carbocycles. The van der Waals surface area contributed by atoms with Gasteiger partial charge in [-0.3, -0.25) is 4.90 Å². The normalized spacial score (nSPS) is 18.9. The zero-order valence-electron chi connectivity index (χ0n) is 18.5. The molecule has 0 radical (unpaired) electrons. The molecule has 2 fully saturated rings.